The van der Waals surface area contributed by atoms with Crippen LogP contribution < -0.4 is 0 Å². The van der Waals surface area contributed by atoms with Gasteiger partial charge in [-0.15, -0.1) is 0 Å². The van der Waals surface area contributed by atoms with Crippen LogP contribution in [0.2, 0.25) is 0 Å². The SMILES string of the molecule is c1ccc(-c2cc3ccccc3cc2-c2c3ccccc3c(-c3cccc4ccccc34)c3ncccc23)cc1. The number of nitrogens with zero attached hydrogens (tertiary/aromatic N) is 1. The zero-order valence-electron chi connectivity index (χ0n) is 21.9. The fraction of sp³-hybridized carbons (Fsp3) is 0. The molecule has 0 N–H and O–H groups in total. The summed E-state index contributed by atoms with van der Waals surface area (Å²) < 4.78 is 0. The number of hydrogen-bond acceptors (Lipinski definition) is 1. The van der Waals surface area contributed by atoms with Gasteiger partial charge >= 0.3 is 0 Å². The Bertz CT molecular complexity index is 2150. The van der Waals surface area contributed by atoms with Crippen molar-refractivity contribution in [1.82, 2.24) is 4.98 Å². The minimum atomic E-state index is 1.03. The molecule has 1 aromatic heterocycles. The number of benzene rings is 7. The maximum absolute atomic E-state index is 5.07. The Balaban J connectivity index is 1.56. The van der Waals surface area contributed by atoms with Crippen LogP contribution in [0.3, 0.4) is 0 Å². The first kappa shape index (κ1) is 22.7. The summed E-state index contributed by atoms with van der Waals surface area (Å²) in [5, 5.41) is 8.56. The molecule has 0 spiro atoms. The predicted molar refractivity (Wildman–Crippen MR) is 171 cm³/mol. The number of hydrogen-bond donors (Lipinski definition) is 0. The number of aromatic nitrogens is 1. The van der Waals surface area contributed by atoms with Crippen molar-refractivity contribution in [3.8, 4) is 33.4 Å². The highest BCUT2D eigenvalue weighted by Gasteiger charge is 2.21. The van der Waals surface area contributed by atoms with Gasteiger partial charge in [0.1, 0.15) is 0 Å². The van der Waals surface area contributed by atoms with Crippen LogP contribution in [-0.2, 0) is 0 Å². The summed E-state index contributed by atoms with van der Waals surface area (Å²) in [5.41, 5.74) is 8.32. The van der Waals surface area contributed by atoms with Crippen LogP contribution in [-0.4, -0.2) is 4.98 Å². The average Bonchev–Trinajstić information content (AvgIpc) is 3.03. The van der Waals surface area contributed by atoms with E-state index >= 15 is 0 Å². The van der Waals surface area contributed by atoms with Crippen LogP contribution >= 0.6 is 0 Å². The molecular weight excluding hydrogens is 482 g/mol. The molecule has 7 aromatic carbocycles. The van der Waals surface area contributed by atoms with Gasteiger partial charge in [0.25, 0.3) is 0 Å². The van der Waals surface area contributed by atoms with Gasteiger partial charge in [0.2, 0.25) is 0 Å². The van der Waals surface area contributed by atoms with Crippen molar-refractivity contribution in [2.24, 2.45) is 0 Å². The van der Waals surface area contributed by atoms with E-state index in [0.29, 0.717) is 0 Å². The smallest absolute Gasteiger partial charge is 0.0793 e. The Labute approximate surface area is 233 Å². The Morgan fingerprint density at radius 2 is 0.925 bits per heavy atom. The summed E-state index contributed by atoms with van der Waals surface area (Å²) in [6, 6.07) is 52.5. The van der Waals surface area contributed by atoms with E-state index in [1.807, 2.05) is 6.20 Å². The molecule has 1 heterocycles. The highest BCUT2D eigenvalue weighted by molar-refractivity contribution is 6.23. The third-order valence-electron chi connectivity index (χ3n) is 8.08. The quantitative estimate of drug-likeness (QED) is 0.217. The molecule has 0 bridgehead atoms. The lowest BCUT2D eigenvalue weighted by Gasteiger charge is -2.20. The van der Waals surface area contributed by atoms with E-state index in [2.05, 4.69) is 146 Å². The number of pyridine rings is 1. The molecule has 0 aliphatic carbocycles. The minimum Gasteiger partial charge on any atom is -0.256 e. The second-order valence-corrected chi connectivity index (χ2v) is 10.3. The minimum absolute atomic E-state index is 1.03. The molecule has 0 fully saturated rings. The molecule has 0 unspecified atom stereocenters. The van der Waals surface area contributed by atoms with E-state index in [1.54, 1.807) is 0 Å². The molecule has 0 atom stereocenters. The molecule has 40 heavy (non-hydrogen) atoms. The monoisotopic (exact) mass is 507 g/mol. The topological polar surface area (TPSA) is 12.9 Å². The van der Waals surface area contributed by atoms with Crippen molar-refractivity contribution in [3.05, 3.63) is 152 Å². The summed E-state index contributed by atoms with van der Waals surface area (Å²) in [7, 11) is 0. The van der Waals surface area contributed by atoms with Crippen molar-refractivity contribution in [1.29, 1.82) is 0 Å². The number of fused-ring (bicyclic) bond motifs is 4. The summed E-state index contributed by atoms with van der Waals surface area (Å²) in [6.07, 6.45) is 1.92. The molecule has 0 saturated heterocycles. The molecule has 0 amide bonds. The Morgan fingerprint density at radius 1 is 0.350 bits per heavy atom. The molecule has 8 aromatic rings. The standard InChI is InChI=1S/C39H25N/c1-2-12-27(13-3-1)35-24-28-15-4-5-16-29(28)25-36(35)37-32-19-8-9-20-33(32)38(39-34(37)22-11-23-40-39)31-21-10-17-26-14-6-7-18-30(26)31/h1-25H. The highest BCUT2D eigenvalue weighted by Crippen LogP contribution is 2.47. The third kappa shape index (κ3) is 3.52. The highest BCUT2D eigenvalue weighted by atomic mass is 14.7. The van der Waals surface area contributed by atoms with Gasteiger partial charge in [0.05, 0.1) is 5.52 Å². The predicted octanol–water partition coefficient (Wildman–Crippen LogP) is 10.7. The van der Waals surface area contributed by atoms with E-state index in [0.717, 1.165) is 10.9 Å². The van der Waals surface area contributed by atoms with Gasteiger partial charge in [-0.2, -0.15) is 0 Å². The number of rotatable bonds is 3. The fourth-order valence-corrected chi connectivity index (χ4v) is 6.31. The van der Waals surface area contributed by atoms with E-state index in [1.165, 1.54) is 65.7 Å². The summed E-state index contributed by atoms with van der Waals surface area (Å²) in [4.78, 5) is 5.07. The second-order valence-electron chi connectivity index (χ2n) is 10.3. The summed E-state index contributed by atoms with van der Waals surface area (Å²) >= 11 is 0. The Kier molecular flexibility index (Phi) is 5.21. The second kappa shape index (κ2) is 9.18. The first-order valence-electron chi connectivity index (χ1n) is 13.7. The van der Waals surface area contributed by atoms with Crippen molar-refractivity contribution in [2.75, 3.05) is 0 Å². The maximum Gasteiger partial charge on any atom is 0.0793 e. The summed E-state index contributed by atoms with van der Waals surface area (Å²) in [6.45, 7) is 0. The Morgan fingerprint density at radius 3 is 1.70 bits per heavy atom. The zero-order valence-corrected chi connectivity index (χ0v) is 21.9. The van der Waals surface area contributed by atoms with E-state index in [4.69, 9.17) is 4.98 Å². The molecule has 0 aliphatic rings. The van der Waals surface area contributed by atoms with Gasteiger partial charge in [-0.25, -0.2) is 0 Å². The molecule has 1 nitrogen and oxygen atoms in total. The fourth-order valence-electron chi connectivity index (χ4n) is 6.31. The molecular formula is C39H25N. The summed E-state index contributed by atoms with van der Waals surface area (Å²) in [5.74, 6) is 0. The van der Waals surface area contributed by atoms with Crippen molar-refractivity contribution >= 4 is 43.2 Å². The first-order chi connectivity index (χ1) is 19.9. The molecule has 8 rings (SSSR count). The van der Waals surface area contributed by atoms with E-state index < -0.39 is 0 Å². The molecule has 0 aliphatic heterocycles. The van der Waals surface area contributed by atoms with Gasteiger partial charge in [-0.05, 0) is 78.3 Å². The van der Waals surface area contributed by atoms with Gasteiger partial charge < -0.3 is 0 Å². The Hall–Kier alpha value is -5.27. The largest absolute Gasteiger partial charge is 0.256 e. The van der Waals surface area contributed by atoms with Crippen LogP contribution in [0.4, 0.5) is 0 Å². The van der Waals surface area contributed by atoms with Crippen molar-refractivity contribution in [2.45, 2.75) is 0 Å². The lowest BCUT2D eigenvalue weighted by Crippen LogP contribution is -1.95. The molecule has 0 saturated carbocycles. The lowest BCUT2D eigenvalue weighted by molar-refractivity contribution is 1.42. The molecule has 1 heteroatoms. The van der Waals surface area contributed by atoms with Gasteiger partial charge in [-0.3, -0.25) is 4.98 Å². The maximum atomic E-state index is 5.07. The van der Waals surface area contributed by atoms with Crippen molar-refractivity contribution < 1.29 is 0 Å². The zero-order chi connectivity index (χ0) is 26.5. The average molecular weight is 508 g/mol. The molecule has 0 radical (unpaired) electrons. The normalized spacial score (nSPS) is 11.5. The first-order valence-corrected chi connectivity index (χ1v) is 13.7. The van der Waals surface area contributed by atoms with Crippen molar-refractivity contribution in [3.63, 3.8) is 0 Å². The van der Waals surface area contributed by atoms with Crippen LogP contribution in [0.15, 0.2) is 152 Å². The van der Waals surface area contributed by atoms with Gasteiger partial charge in [0.15, 0.2) is 0 Å². The molecule has 186 valence electrons. The van der Waals surface area contributed by atoms with Crippen LogP contribution in [0.25, 0.3) is 76.6 Å². The van der Waals surface area contributed by atoms with Crippen LogP contribution in [0, 0.1) is 0 Å². The van der Waals surface area contributed by atoms with E-state index in [9.17, 15) is 0 Å². The lowest BCUT2D eigenvalue weighted by atomic mass is 9.83. The van der Waals surface area contributed by atoms with E-state index in [-0.39, 0.29) is 0 Å². The van der Waals surface area contributed by atoms with Gasteiger partial charge in [0, 0.05) is 17.1 Å². The van der Waals surface area contributed by atoms with Crippen LogP contribution in [0.5, 0.6) is 0 Å². The van der Waals surface area contributed by atoms with Crippen LogP contribution in [0.1, 0.15) is 0 Å². The van der Waals surface area contributed by atoms with Gasteiger partial charge in [-0.1, -0.05) is 127 Å². The third-order valence-corrected chi connectivity index (χ3v) is 8.08.